The fourth-order valence-electron chi connectivity index (χ4n) is 2.38. The molecule has 3 heterocycles. The lowest BCUT2D eigenvalue weighted by atomic mass is 10.1. The lowest BCUT2D eigenvalue weighted by molar-refractivity contribution is 0.731. The number of nitrogens with one attached hydrogen (secondary N) is 1. The van der Waals surface area contributed by atoms with Crippen molar-refractivity contribution in [2.75, 3.05) is 0 Å². The molecule has 0 aromatic carbocycles. The molecule has 0 amide bonds. The van der Waals surface area contributed by atoms with Gasteiger partial charge < -0.3 is 0 Å². The van der Waals surface area contributed by atoms with Crippen LogP contribution in [0.2, 0.25) is 0 Å². The fourth-order valence-corrected chi connectivity index (χ4v) is 3.90. The highest BCUT2D eigenvalue weighted by Crippen LogP contribution is 2.32. The predicted molar refractivity (Wildman–Crippen MR) is 106 cm³/mol. The number of fused-ring (bicyclic) bond motifs is 1. The molecule has 23 heavy (non-hydrogen) atoms. The minimum atomic E-state index is -0.0809. The average Bonchev–Trinajstić information content (AvgIpc) is 3.05. The van der Waals surface area contributed by atoms with Crippen LogP contribution >= 0.6 is 28.4 Å². The molecule has 3 aromatic rings. The van der Waals surface area contributed by atoms with E-state index in [9.17, 15) is 4.79 Å². The summed E-state index contributed by atoms with van der Waals surface area (Å²) in [5.74, 6) is 0. The molecule has 0 aliphatic heterocycles. The Morgan fingerprint density at radius 2 is 2.13 bits per heavy atom. The predicted octanol–water partition coefficient (Wildman–Crippen LogP) is 3.89. The lowest BCUT2D eigenvalue weighted by Crippen LogP contribution is -2.13. The maximum absolute atomic E-state index is 12.2. The van der Waals surface area contributed by atoms with Gasteiger partial charge in [0.25, 0.3) is 5.56 Å². The first kappa shape index (κ1) is 17.9. The molecular formula is C15H19IN5OP. The van der Waals surface area contributed by atoms with Crippen LogP contribution in [0.3, 0.4) is 0 Å². The van der Waals surface area contributed by atoms with Crippen LogP contribution in [-0.2, 0) is 7.05 Å². The monoisotopic (exact) mass is 443 g/mol. The number of nitrogens with zero attached hydrogens (tertiary/aromatic N) is 4. The summed E-state index contributed by atoms with van der Waals surface area (Å²) in [6.45, 7) is 9.67. The van der Waals surface area contributed by atoms with Crippen LogP contribution in [0.1, 0.15) is 25.2 Å². The van der Waals surface area contributed by atoms with Crippen molar-refractivity contribution in [2.24, 2.45) is 7.05 Å². The zero-order chi connectivity index (χ0) is 17.1. The second-order valence-electron chi connectivity index (χ2n) is 4.65. The summed E-state index contributed by atoms with van der Waals surface area (Å²) in [5, 5.41) is 8.43. The van der Waals surface area contributed by atoms with Gasteiger partial charge >= 0.3 is 0 Å². The van der Waals surface area contributed by atoms with E-state index in [1.807, 2.05) is 31.3 Å². The van der Waals surface area contributed by atoms with Gasteiger partial charge in [0.15, 0.2) is 0 Å². The number of hydrogen-bond donors (Lipinski definition) is 1. The molecule has 1 unspecified atom stereocenters. The molecule has 122 valence electrons. The van der Waals surface area contributed by atoms with Crippen molar-refractivity contribution in [1.82, 2.24) is 24.3 Å². The Kier molecular flexibility index (Phi) is 5.75. The number of aryl methyl sites for hydroxylation is 2. The Labute approximate surface area is 149 Å². The van der Waals surface area contributed by atoms with Gasteiger partial charge in [0.05, 0.1) is 35.0 Å². The topological polar surface area (TPSA) is 68.5 Å². The highest BCUT2D eigenvalue weighted by atomic mass is 127. The number of aromatic nitrogens is 5. The number of H-pyrrole nitrogens is 1. The summed E-state index contributed by atoms with van der Waals surface area (Å²) in [7, 11) is 1.70. The summed E-state index contributed by atoms with van der Waals surface area (Å²) in [6.07, 6.45) is 3.98. The van der Waals surface area contributed by atoms with Gasteiger partial charge in [0, 0.05) is 18.1 Å². The Morgan fingerprint density at radius 3 is 2.65 bits per heavy atom. The van der Waals surface area contributed by atoms with E-state index >= 15 is 0 Å². The van der Waals surface area contributed by atoms with Crippen molar-refractivity contribution in [3.05, 3.63) is 40.6 Å². The third-order valence-electron chi connectivity index (χ3n) is 3.35. The van der Waals surface area contributed by atoms with E-state index in [0.29, 0.717) is 17.6 Å². The number of halogens is 1. The van der Waals surface area contributed by atoms with Gasteiger partial charge in [-0.2, -0.15) is 5.10 Å². The van der Waals surface area contributed by atoms with Crippen molar-refractivity contribution in [1.29, 1.82) is 0 Å². The van der Waals surface area contributed by atoms with Crippen LogP contribution in [0.15, 0.2) is 23.6 Å². The van der Waals surface area contributed by atoms with Gasteiger partial charge in [0.2, 0.25) is 0 Å². The summed E-state index contributed by atoms with van der Waals surface area (Å²) in [4.78, 5) is 16.6. The van der Waals surface area contributed by atoms with Crippen LogP contribution in [0.5, 0.6) is 0 Å². The summed E-state index contributed by atoms with van der Waals surface area (Å²) >= 11 is 2.27. The van der Waals surface area contributed by atoms with Gasteiger partial charge in [-0.3, -0.25) is 19.6 Å². The van der Waals surface area contributed by atoms with Gasteiger partial charge in [-0.25, -0.2) is 4.45 Å². The lowest BCUT2D eigenvalue weighted by Gasteiger charge is -2.00. The van der Waals surface area contributed by atoms with Crippen LogP contribution < -0.4 is 5.56 Å². The largest absolute Gasteiger partial charge is 0.300 e. The molecule has 6 nitrogen and oxygen atoms in total. The second-order valence-corrected chi connectivity index (χ2v) is 6.69. The summed E-state index contributed by atoms with van der Waals surface area (Å²) < 4.78 is 3.35. The van der Waals surface area contributed by atoms with Crippen molar-refractivity contribution in [2.45, 2.75) is 20.8 Å². The average molecular weight is 443 g/mol. The zero-order valence-corrected chi connectivity index (χ0v) is 16.7. The smallest absolute Gasteiger partial charge is 0.275 e. The van der Waals surface area contributed by atoms with Crippen LogP contribution in [0.4, 0.5) is 0 Å². The van der Waals surface area contributed by atoms with E-state index in [4.69, 9.17) is 0 Å². The molecule has 0 aliphatic rings. The first-order valence-corrected chi connectivity index (χ1v) is 11.3. The molecule has 0 saturated carbocycles. The quantitative estimate of drug-likeness (QED) is 0.494. The van der Waals surface area contributed by atoms with Crippen LogP contribution in [0.25, 0.3) is 28.2 Å². The van der Waals surface area contributed by atoms with Crippen LogP contribution in [0, 0.1) is 6.92 Å². The molecule has 3 rings (SSSR count). The highest BCUT2D eigenvalue weighted by Gasteiger charge is 2.16. The highest BCUT2D eigenvalue weighted by molar-refractivity contribution is 14.2. The molecule has 1 atom stereocenters. The SMILES string of the molecule is C=Cc1nn(PI)c2cnc(-c3c(C)[nH]n(C)c3=O)cc12.CC. The molecule has 0 radical (unpaired) electrons. The van der Waals surface area contributed by atoms with Crippen molar-refractivity contribution in [3.8, 4) is 11.3 Å². The van der Waals surface area contributed by atoms with Gasteiger partial charge in [-0.1, -0.05) is 20.4 Å². The molecular weight excluding hydrogens is 424 g/mol. The molecule has 0 saturated heterocycles. The van der Waals surface area contributed by atoms with E-state index < -0.39 is 0 Å². The molecule has 3 aromatic heterocycles. The van der Waals surface area contributed by atoms with Crippen molar-refractivity contribution < 1.29 is 0 Å². The first-order valence-electron chi connectivity index (χ1n) is 7.20. The maximum Gasteiger partial charge on any atom is 0.275 e. The van der Waals surface area contributed by atoms with E-state index in [0.717, 1.165) is 22.3 Å². The standard InChI is InChI=1S/C13H13IN5OP.C2H6/c1-4-9-8-5-10(12-7(2)16-18(3)13(12)20)15-6-11(8)19(17-9)21-14;1-2/h4-6,16,21H,1H2,2-3H3;1-2H3. The summed E-state index contributed by atoms with van der Waals surface area (Å²) in [6, 6.07) is 1.91. The van der Waals surface area contributed by atoms with E-state index in [1.54, 1.807) is 19.3 Å². The minimum absolute atomic E-state index is 0.0809. The van der Waals surface area contributed by atoms with E-state index in [1.165, 1.54) is 4.68 Å². The molecule has 8 heteroatoms. The van der Waals surface area contributed by atoms with Crippen molar-refractivity contribution >= 4 is 45.4 Å². The Bertz CT molecular complexity index is 909. The molecule has 0 bridgehead atoms. The number of pyridine rings is 1. The van der Waals surface area contributed by atoms with Crippen molar-refractivity contribution in [3.63, 3.8) is 0 Å². The Morgan fingerprint density at radius 1 is 1.43 bits per heavy atom. The van der Waals surface area contributed by atoms with Gasteiger partial charge in [-0.15, -0.1) is 0 Å². The van der Waals surface area contributed by atoms with E-state index in [-0.39, 0.29) is 5.56 Å². The number of rotatable bonds is 3. The van der Waals surface area contributed by atoms with E-state index in [2.05, 4.69) is 43.8 Å². The molecule has 0 fully saturated rings. The van der Waals surface area contributed by atoms with Gasteiger partial charge in [0.1, 0.15) is 0 Å². The first-order chi connectivity index (χ1) is 11.1. The third-order valence-corrected chi connectivity index (χ3v) is 5.23. The number of hydrogen-bond acceptors (Lipinski definition) is 3. The number of aromatic amines is 1. The molecule has 1 N–H and O–H groups in total. The minimum Gasteiger partial charge on any atom is -0.300 e. The third kappa shape index (κ3) is 3.12. The Hall–Kier alpha value is -1.47. The zero-order valence-electron chi connectivity index (χ0n) is 13.5. The fraction of sp³-hybridized carbons (Fsp3) is 0.267. The van der Waals surface area contributed by atoms with Crippen LogP contribution in [-0.4, -0.2) is 24.3 Å². The molecule has 0 spiro atoms. The summed E-state index contributed by atoms with van der Waals surface area (Å²) in [5.41, 5.74) is 3.73. The maximum atomic E-state index is 12.2. The molecule has 0 aliphatic carbocycles. The Balaban J connectivity index is 0.000000924. The normalized spacial score (nSPS) is 11.0. The van der Waals surface area contributed by atoms with Gasteiger partial charge in [-0.05, 0) is 41.1 Å². The second kappa shape index (κ2) is 7.40.